The number of benzene rings is 1. The number of hydrogen-bond acceptors (Lipinski definition) is 0. The van der Waals surface area contributed by atoms with Gasteiger partial charge >= 0.3 is 0 Å². The normalized spacial score (nSPS) is 11.6. The van der Waals surface area contributed by atoms with Gasteiger partial charge in [0, 0.05) is 21.4 Å². The molecule has 2 aromatic rings. The first-order chi connectivity index (χ1) is 7.02. The molecule has 2 rings (SSSR count). The number of rotatable bonds is 1. The van der Waals surface area contributed by atoms with Crippen LogP contribution in [-0.4, -0.2) is 4.57 Å². The molecule has 0 N–H and O–H groups in total. The lowest BCUT2D eigenvalue weighted by atomic mass is 10.2. The van der Waals surface area contributed by atoms with Crippen molar-refractivity contribution in [2.45, 2.75) is 26.8 Å². The van der Waals surface area contributed by atoms with Crippen LogP contribution >= 0.6 is 27.5 Å². The lowest BCUT2D eigenvalue weighted by Crippen LogP contribution is -1.99. The van der Waals surface area contributed by atoms with Gasteiger partial charge in [0.1, 0.15) is 5.15 Å². The number of nitrogens with zero attached hydrogens (tertiary/aromatic N) is 1. The van der Waals surface area contributed by atoms with Gasteiger partial charge < -0.3 is 4.57 Å². The van der Waals surface area contributed by atoms with Crippen molar-refractivity contribution in [1.29, 1.82) is 0 Å². The third-order valence-corrected chi connectivity index (χ3v) is 3.62. The highest BCUT2D eigenvalue weighted by Gasteiger charge is 2.14. The first-order valence-electron chi connectivity index (χ1n) is 4.98. The molecular weight excluding hydrogens is 273 g/mol. The predicted molar refractivity (Wildman–Crippen MR) is 69.8 cm³/mol. The Morgan fingerprint density at radius 2 is 2.00 bits per heavy atom. The van der Waals surface area contributed by atoms with E-state index < -0.39 is 0 Å². The smallest absolute Gasteiger partial charge is 0.113 e. The van der Waals surface area contributed by atoms with Gasteiger partial charge in [-0.15, -0.1) is 0 Å². The summed E-state index contributed by atoms with van der Waals surface area (Å²) < 4.78 is 3.26. The second-order valence-electron chi connectivity index (χ2n) is 4.04. The van der Waals surface area contributed by atoms with Crippen LogP contribution in [0.4, 0.5) is 0 Å². The summed E-state index contributed by atoms with van der Waals surface area (Å²) in [6, 6.07) is 6.67. The average Bonchev–Trinajstić information content (AvgIpc) is 2.41. The number of aromatic nitrogens is 1. The zero-order valence-electron chi connectivity index (χ0n) is 9.01. The molecule has 0 atom stereocenters. The van der Waals surface area contributed by atoms with Crippen molar-refractivity contribution in [2.75, 3.05) is 0 Å². The van der Waals surface area contributed by atoms with Gasteiger partial charge in [-0.05, 0) is 44.5 Å². The van der Waals surface area contributed by atoms with Crippen molar-refractivity contribution in [3.63, 3.8) is 0 Å². The van der Waals surface area contributed by atoms with Gasteiger partial charge in [-0.2, -0.15) is 0 Å². The molecule has 0 radical (unpaired) electrons. The predicted octanol–water partition coefficient (Wildman–Crippen LogP) is 4.95. The van der Waals surface area contributed by atoms with Crippen molar-refractivity contribution in [3.05, 3.63) is 33.4 Å². The zero-order valence-corrected chi connectivity index (χ0v) is 11.4. The maximum Gasteiger partial charge on any atom is 0.113 e. The summed E-state index contributed by atoms with van der Waals surface area (Å²) in [7, 11) is 0. The Labute approximate surface area is 103 Å². The Hall–Kier alpha value is -0.470. The second kappa shape index (κ2) is 3.84. The largest absolute Gasteiger partial charge is 0.329 e. The van der Waals surface area contributed by atoms with E-state index in [-0.39, 0.29) is 0 Å². The van der Waals surface area contributed by atoms with Crippen molar-refractivity contribution in [2.24, 2.45) is 0 Å². The second-order valence-corrected chi connectivity index (χ2v) is 5.31. The summed E-state index contributed by atoms with van der Waals surface area (Å²) >= 11 is 9.82. The van der Waals surface area contributed by atoms with Crippen LogP contribution in [0.5, 0.6) is 0 Å². The number of fused-ring (bicyclic) bond motifs is 1. The molecule has 80 valence electrons. The van der Waals surface area contributed by atoms with Crippen molar-refractivity contribution >= 4 is 38.4 Å². The molecule has 1 heterocycles. The van der Waals surface area contributed by atoms with Crippen LogP contribution < -0.4 is 0 Å². The van der Waals surface area contributed by atoms with E-state index in [0.717, 1.165) is 15.2 Å². The van der Waals surface area contributed by atoms with Gasteiger partial charge in [-0.25, -0.2) is 0 Å². The average molecular weight is 287 g/mol. The highest BCUT2D eigenvalue weighted by molar-refractivity contribution is 9.10. The molecular formula is C12H13BrClN. The van der Waals surface area contributed by atoms with Crippen LogP contribution in [0, 0.1) is 6.92 Å². The molecule has 0 amide bonds. The molecule has 0 aliphatic rings. The molecule has 1 aromatic heterocycles. The minimum atomic E-state index is 0.384. The minimum absolute atomic E-state index is 0.384. The fraction of sp³-hybridized carbons (Fsp3) is 0.333. The molecule has 0 bridgehead atoms. The lowest BCUT2D eigenvalue weighted by Gasteiger charge is -2.10. The van der Waals surface area contributed by atoms with E-state index in [0.29, 0.717) is 6.04 Å². The van der Waals surface area contributed by atoms with E-state index in [9.17, 15) is 0 Å². The molecule has 0 aliphatic heterocycles. The summed E-state index contributed by atoms with van der Waals surface area (Å²) in [5.74, 6) is 0. The van der Waals surface area contributed by atoms with Crippen LogP contribution in [0.1, 0.15) is 25.5 Å². The van der Waals surface area contributed by atoms with Gasteiger partial charge in [-0.1, -0.05) is 27.5 Å². The molecule has 0 saturated carbocycles. The Kier molecular flexibility index (Phi) is 2.82. The van der Waals surface area contributed by atoms with E-state index in [2.05, 4.69) is 59.5 Å². The topological polar surface area (TPSA) is 4.93 Å². The Morgan fingerprint density at radius 3 is 2.60 bits per heavy atom. The molecule has 1 nitrogen and oxygen atoms in total. The van der Waals surface area contributed by atoms with E-state index in [1.807, 2.05) is 0 Å². The quantitative estimate of drug-likeness (QED) is 0.699. The zero-order chi connectivity index (χ0) is 11.2. The summed E-state index contributed by atoms with van der Waals surface area (Å²) in [4.78, 5) is 0. The van der Waals surface area contributed by atoms with Gasteiger partial charge in [-0.3, -0.25) is 0 Å². The third-order valence-electron chi connectivity index (χ3n) is 2.66. The highest BCUT2D eigenvalue weighted by Crippen LogP contribution is 2.33. The molecule has 0 saturated heterocycles. The number of hydrogen-bond donors (Lipinski definition) is 0. The van der Waals surface area contributed by atoms with Gasteiger partial charge in [0.15, 0.2) is 0 Å². The lowest BCUT2D eigenvalue weighted by molar-refractivity contribution is 0.622. The van der Waals surface area contributed by atoms with Crippen molar-refractivity contribution in [1.82, 2.24) is 4.57 Å². The molecule has 0 spiro atoms. The molecule has 1 aromatic carbocycles. The molecule has 15 heavy (non-hydrogen) atoms. The van der Waals surface area contributed by atoms with Crippen molar-refractivity contribution in [3.8, 4) is 0 Å². The van der Waals surface area contributed by atoms with E-state index in [1.165, 1.54) is 10.9 Å². The molecule has 0 fully saturated rings. The Balaban J connectivity index is 2.87. The standard InChI is InChI=1S/C12H13BrClN/c1-7(2)15-11-5-4-9(13)6-10(11)8(3)12(15)14/h4-7H,1-3H3. The third kappa shape index (κ3) is 1.70. The van der Waals surface area contributed by atoms with Crippen LogP contribution in [0.25, 0.3) is 10.9 Å². The summed E-state index contributed by atoms with van der Waals surface area (Å²) in [5.41, 5.74) is 2.36. The number of aryl methyl sites for hydroxylation is 1. The van der Waals surface area contributed by atoms with E-state index >= 15 is 0 Å². The molecule has 0 unspecified atom stereocenters. The minimum Gasteiger partial charge on any atom is -0.329 e. The van der Waals surface area contributed by atoms with Gasteiger partial charge in [0.25, 0.3) is 0 Å². The highest BCUT2D eigenvalue weighted by atomic mass is 79.9. The van der Waals surface area contributed by atoms with Crippen LogP contribution in [0.3, 0.4) is 0 Å². The monoisotopic (exact) mass is 285 g/mol. The van der Waals surface area contributed by atoms with E-state index in [1.54, 1.807) is 0 Å². The fourth-order valence-corrected chi connectivity index (χ4v) is 2.67. The maximum absolute atomic E-state index is 6.33. The Bertz CT molecular complexity index is 514. The van der Waals surface area contributed by atoms with Crippen molar-refractivity contribution < 1.29 is 0 Å². The van der Waals surface area contributed by atoms with E-state index in [4.69, 9.17) is 11.6 Å². The molecule has 3 heteroatoms. The van der Waals surface area contributed by atoms with Crippen LogP contribution in [0.15, 0.2) is 22.7 Å². The SMILES string of the molecule is Cc1c(Cl)n(C(C)C)c2ccc(Br)cc12. The maximum atomic E-state index is 6.33. The summed E-state index contributed by atoms with van der Waals surface area (Å²) in [6.07, 6.45) is 0. The number of halogens is 2. The van der Waals surface area contributed by atoms with Crippen LogP contribution in [0.2, 0.25) is 5.15 Å². The van der Waals surface area contributed by atoms with Crippen LogP contribution in [-0.2, 0) is 0 Å². The summed E-state index contributed by atoms with van der Waals surface area (Å²) in [6.45, 7) is 6.36. The molecule has 0 aliphatic carbocycles. The Morgan fingerprint density at radius 1 is 1.33 bits per heavy atom. The van der Waals surface area contributed by atoms with Gasteiger partial charge in [0.05, 0.1) is 0 Å². The first kappa shape index (κ1) is 11.0. The van der Waals surface area contributed by atoms with Gasteiger partial charge in [0.2, 0.25) is 0 Å². The summed E-state index contributed by atoms with van der Waals surface area (Å²) in [5, 5.41) is 2.07. The fourth-order valence-electron chi connectivity index (χ4n) is 1.92. The first-order valence-corrected chi connectivity index (χ1v) is 6.15.